The molecule has 1 aromatic heterocycles. The molecule has 0 aliphatic rings. The van der Waals surface area contributed by atoms with E-state index < -0.39 is 12.0 Å². The van der Waals surface area contributed by atoms with Crippen LogP contribution >= 0.6 is 0 Å². The molecule has 0 saturated carbocycles. The summed E-state index contributed by atoms with van der Waals surface area (Å²) in [4.78, 5) is 12.0. The number of hydrogen-bond acceptors (Lipinski definition) is 4. The lowest BCUT2D eigenvalue weighted by Gasteiger charge is -2.25. The molecule has 1 amide bonds. The van der Waals surface area contributed by atoms with Crippen molar-refractivity contribution in [3.8, 4) is 0 Å². The predicted octanol–water partition coefficient (Wildman–Crippen LogP) is 1.60. The van der Waals surface area contributed by atoms with E-state index in [1.165, 1.54) is 23.0 Å². The summed E-state index contributed by atoms with van der Waals surface area (Å²) in [5.41, 5.74) is 0.565. The van der Waals surface area contributed by atoms with Gasteiger partial charge in [0, 0.05) is 6.54 Å². The number of benzene rings is 1. The number of carbonyl (C=O) groups is 1. The average molecular weight is 320 g/mol. The van der Waals surface area contributed by atoms with Gasteiger partial charge >= 0.3 is 0 Å². The monoisotopic (exact) mass is 320 g/mol. The molecule has 0 fully saturated rings. The maximum Gasteiger partial charge on any atom is 0.273 e. The highest BCUT2D eigenvalue weighted by Gasteiger charge is 2.23. The van der Waals surface area contributed by atoms with Crippen molar-refractivity contribution in [2.75, 3.05) is 6.54 Å². The molecule has 23 heavy (non-hydrogen) atoms. The zero-order valence-electron chi connectivity index (χ0n) is 13.5. The predicted molar refractivity (Wildman–Crippen MR) is 83.3 cm³/mol. The molecule has 6 nitrogen and oxygen atoms in total. The van der Waals surface area contributed by atoms with Crippen molar-refractivity contribution in [3.63, 3.8) is 0 Å². The van der Waals surface area contributed by atoms with Crippen LogP contribution in [-0.2, 0) is 6.54 Å². The van der Waals surface area contributed by atoms with Gasteiger partial charge in [0.25, 0.3) is 5.91 Å². The number of rotatable bonds is 5. The highest BCUT2D eigenvalue weighted by atomic mass is 19.1. The molecule has 1 unspecified atom stereocenters. The molecule has 0 bridgehead atoms. The minimum absolute atomic E-state index is 0.138. The molecule has 0 radical (unpaired) electrons. The second-order valence-electron chi connectivity index (χ2n) is 6.52. The van der Waals surface area contributed by atoms with Gasteiger partial charge in [0.2, 0.25) is 0 Å². The first-order valence-corrected chi connectivity index (χ1v) is 7.36. The van der Waals surface area contributed by atoms with Gasteiger partial charge in [-0.2, -0.15) is 0 Å². The third-order valence-corrected chi connectivity index (χ3v) is 3.46. The van der Waals surface area contributed by atoms with Gasteiger partial charge in [-0.25, -0.2) is 9.07 Å². The normalized spacial score (nSPS) is 12.9. The van der Waals surface area contributed by atoms with Gasteiger partial charge in [-0.05, 0) is 23.1 Å². The van der Waals surface area contributed by atoms with Gasteiger partial charge in [0.15, 0.2) is 5.69 Å². The van der Waals surface area contributed by atoms with E-state index in [-0.39, 0.29) is 23.5 Å². The first-order valence-electron chi connectivity index (χ1n) is 7.36. The summed E-state index contributed by atoms with van der Waals surface area (Å²) in [6, 6.07) is 6.15. The van der Waals surface area contributed by atoms with E-state index in [4.69, 9.17) is 0 Å². The van der Waals surface area contributed by atoms with Gasteiger partial charge in [0.05, 0.1) is 18.8 Å². The van der Waals surface area contributed by atoms with Crippen molar-refractivity contribution in [1.82, 2.24) is 20.3 Å². The highest BCUT2D eigenvalue weighted by Crippen LogP contribution is 2.18. The highest BCUT2D eigenvalue weighted by molar-refractivity contribution is 5.91. The van der Waals surface area contributed by atoms with Crippen LogP contribution in [0, 0.1) is 11.2 Å². The minimum Gasteiger partial charge on any atom is -0.391 e. The lowest BCUT2D eigenvalue weighted by molar-refractivity contribution is 0.0585. The molecule has 124 valence electrons. The summed E-state index contributed by atoms with van der Waals surface area (Å²) in [7, 11) is 0. The molecule has 0 spiro atoms. The Morgan fingerprint density at radius 2 is 2.17 bits per heavy atom. The Hall–Kier alpha value is -2.28. The molecule has 1 atom stereocenters. The van der Waals surface area contributed by atoms with Gasteiger partial charge in [0.1, 0.15) is 5.82 Å². The van der Waals surface area contributed by atoms with Crippen LogP contribution < -0.4 is 5.32 Å². The van der Waals surface area contributed by atoms with Gasteiger partial charge in [-0.3, -0.25) is 4.79 Å². The summed E-state index contributed by atoms with van der Waals surface area (Å²) in [6.07, 6.45) is 0.831. The fourth-order valence-corrected chi connectivity index (χ4v) is 1.89. The van der Waals surface area contributed by atoms with Crippen LogP contribution in [0.2, 0.25) is 0 Å². The Morgan fingerprint density at radius 3 is 2.83 bits per heavy atom. The van der Waals surface area contributed by atoms with Crippen LogP contribution in [0.3, 0.4) is 0 Å². The topological polar surface area (TPSA) is 80.0 Å². The fraction of sp³-hybridized carbons (Fsp3) is 0.438. The van der Waals surface area contributed by atoms with Crippen LogP contribution in [0.15, 0.2) is 30.5 Å². The van der Waals surface area contributed by atoms with Gasteiger partial charge < -0.3 is 10.4 Å². The van der Waals surface area contributed by atoms with E-state index in [9.17, 15) is 14.3 Å². The molecule has 2 N–H and O–H groups in total. The Balaban J connectivity index is 1.95. The van der Waals surface area contributed by atoms with E-state index in [0.29, 0.717) is 6.54 Å². The van der Waals surface area contributed by atoms with Crippen molar-refractivity contribution in [3.05, 3.63) is 47.5 Å². The van der Waals surface area contributed by atoms with Crippen molar-refractivity contribution >= 4 is 5.91 Å². The Bertz CT molecular complexity index is 679. The number of nitrogens with zero attached hydrogens (tertiary/aromatic N) is 3. The minimum atomic E-state index is -0.659. The number of carbonyl (C=O) groups excluding carboxylic acids is 1. The summed E-state index contributed by atoms with van der Waals surface area (Å²) in [6.45, 7) is 6.12. The van der Waals surface area contributed by atoms with Crippen LogP contribution in [-0.4, -0.2) is 38.7 Å². The second-order valence-corrected chi connectivity index (χ2v) is 6.52. The largest absolute Gasteiger partial charge is 0.391 e. The quantitative estimate of drug-likeness (QED) is 0.877. The summed E-state index contributed by atoms with van der Waals surface area (Å²) >= 11 is 0. The Kier molecular flexibility index (Phi) is 5.10. The van der Waals surface area contributed by atoms with Crippen molar-refractivity contribution in [2.45, 2.75) is 33.4 Å². The number of halogens is 1. The lowest BCUT2D eigenvalue weighted by Crippen LogP contribution is -2.39. The van der Waals surface area contributed by atoms with E-state index >= 15 is 0 Å². The lowest BCUT2D eigenvalue weighted by atomic mass is 9.89. The SMILES string of the molecule is CC(C)(C)C(O)CNC(=O)c1cn(Cc2cccc(F)c2)nn1. The van der Waals surface area contributed by atoms with E-state index in [0.717, 1.165) is 5.56 Å². The molecule has 1 heterocycles. The first-order chi connectivity index (χ1) is 10.8. The maximum absolute atomic E-state index is 13.1. The second kappa shape index (κ2) is 6.87. The number of aliphatic hydroxyl groups excluding tert-OH is 1. The third kappa shape index (κ3) is 4.85. The summed E-state index contributed by atoms with van der Waals surface area (Å²) in [5, 5.41) is 20.2. The maximum atomic E-state index is 13.1. The number of nitrogens with one attached hydrogen (secondary N) is 1. The molecule has 0 aliphatic heterocycles. The average Bonchev–Trinajstić information content (AvgIpc) is 2.92. The van der Waals surface area contributed by atoms with Crippen LogP contribution in [0.4, 0.5) is 4.39 Å². The molecule has 0 aliphatic carbocycles. The van der Waals surface area contributed by atoms with E-state index in [1.807, 2.05) is 20.8 Å². The van der Waals surface area contributed by atoms with Gasteiger partial charge in [-0.15, -0.1) is 5.10 Å². The number of amides is 1. The smallest absolute Gasteiger partial charge is 0.273 e. The van der Waals surface area contributed by atoms with Crippen molar-refractivity contribution < 1.29 is 14.3 Å². The van der Waals surface area contributed by atoms with E-state index in [1.54, 1.807) is 12.1 Å². The molecule has 1 aromatic carbocycles. The molecular formula is C16H21FN4O2. The van der Waals surface area contributed by atoms with Crippen LogP contribution in [0.25, 0.3) is 0 Å². The molecule has 2 rings (SSSR count). The molecule has 0 saturated heterocycles. The number of aromatic nitrogens is 3. The van der Waals surface area contributed by atoms with Gasteiger partial charge in [-0.1, -0.05) is 38.1 Å². The molecule has 2 aromatic rings. The van der Waals surface area contributed by atoms with E-state index in [2.05, 4.69) is 15.6 Å². The van der Waals surface area contributed by atoms with Crippen LogP contribution in [0.5, 0.6) is 0 Å². The first kappa shape index (κ1) is 17.1. The Morgan fingerprint density at radius 1 is 1.43 bits per heavy atom. The fourth-order valence-electron chi connectivity index (χ4n) is 1.89. The van der Waals surface area contributed by atoms with Crippen molar-refractivity contribution in [1.29, 1.82) is 0 Å². The Labute approximate surface area is 134 Å². The summed E-state index contributed by atoms with van der Waals surface area (Å²) < 4.78 is 14.6. The number of hydrogen-bond donors (Lipinski definition) is 2. The zero-order chi connectivity index (χ0) is 17.0. The number of aliphatic hydroxyl groups is 1. The summed E-state index contributed by atoms with van der Waals surface area (Å²) in [5.74, 6) is -0.726. The van der Waals surface area contributed by atoms with Crippen LogP contribution in [0.1, 0.15) is 36.8 Å². The zero-order valence-corrected chi connectivity index (χ0v) is 13.5. The molecular weight excluding hydrogens is 299 g/mol. The standard InChI is InChI=1S/C16H21FN4O2/c1-16(2,3)14(22)8-18-15(23)13-10-21(20-19-13)9-11-5-4-6-12(17)7-11/h4-7,10,14,22H,8-9H2,1-3H3,(H,18,23). The van der Waals surface area contributed by atoms with Crippen molar-refractivity contribution in [2.24, 2.45) is 5.41 Å². The third-order valence-electron chi connectivity index (χ3n) is 3.46. The molecule has 7 heteroatoms.